The Balaban J connectivity index is 1.06. The first kappa shape index (κ1) is 35.9. The van der Waals surface area contributed by atoms with E-state index in [1.54, 1.807) is 0 Å². The Kier molecular flexibility index (Phi) is 8.29. The van der Waals surface area contributed by atoms with Crippen LogP contribution in [0, 0.1) is 0 Å². The highest BCUT2D eigenvalue weighted by Crippen LogP contribution is 2.65. The zero-order valence-electron chi connectivity index (χ0n) is 33.9. The van der Waals surface area contributed by atoms with Crippen molar-refractivity contribution in [3.05, 3.63) is 281 Å². The summed E-state index contributed by atoms with van der Waals surface area (Å²) >= 11 is 0. The van der Waals surface area contributed by atoms with Gasteiger partial charge in [0, 0.05) is 16.7 Å². The third kappa shape index (κ3) is 5.22. The summed E-state index contributed by atoms with van der Waals surface area (Å²) in [4.78, 5) is 15.0. The first-order valence-electron chi connectivity index (χ1n) is 21.3. The van der Waals surface area contributed by atoms with Crippen LogP contribution in [0.15, 0.2) is 237 Å². The van der Waals surface area contributed by atoms with Gasteiger partial charge >= 0.3 is 0 Å². The summed E-state index contributed by atoms with van der Waals surface area (Å²) in [7, 11) is 0. The van der Waals surface area contributed by atoms with Crippen LogP contribution in [0.25, 0.3) is 56.4 Å². The van der Waals surface area contributed by atoms with E-state index in [0.29, 0.717) is 17.5 Å². The van der Waals surface area contributed by atoms with E-state index in [4.69, 9.17) is 15.0 Å². The van der Waals surface area contributed by atoms with Gasteiger partial charge < -0.3 is 0 Å². The van der Waals surface area contributed by atoms with Gasteiger partial charge in [0.05, 0.1) is 10.8 Å². The van der Waals surface area contributed by atoms with Crippen molar-refractivity contribution >= 4 is 0 Å². The summed E-state index contributed by atoms with van der Waals surface area (Å²) in [5.74, 6) is 1.94. The van der Waals surface area contributed by atoms with Crippen LogP contribution in [0.3, 0.4) is 0 Å². The highest BCUT2D eigenvalue weighted by Gasteiger charge is 2.56. The summed E-state index contributed by atoms with van der Waals surface area (Å²) in [6, 6.07) is 85.7. The lowest BCUT2D eigenvalue weighted by Crippen LogP contribution is -2.44. The lowest BCUT2D eigenvalue weighted by molar-refractivity contribution is 0.623. The molecule has 1 heterocycles. The van der Waals surface area contributed by atoms with E-state index in [1.165, 1.54) is 61.2 Å². The number of rotatable bonds is 6. The minimum atomic E-state index is -0.561. The monoisotopic (exact) mass is 789 g/mol. The first-order valence-corrected chi connectivity index (χ1v) is 21.3. The molecule has 3 nitrogen and oxygen atoms in total. The lowest BCUT2D eigenvalue weighted by atomic mass is 9.51. The number of aromatic nitrogens is 3. The van der Waals surface area contributed by atoms with Crippen molar-refractivity contribution in [2.24, 2.45) is 0 Å². The molecule has 10 aromatic rings. The Morgan fingerprint density at radius 1 is 0.226 bits per heavy atom. The second kappa shape index (κ2) is 14.3. The fraction of sp³-hybridized carbons (Fsp3) is 0.0339. The predicted molar refractivity (Wildman–Crippen MR) is 251 cm³/mol. The molecule has 12 rings (SSSR count). The molecule has 0 amide bonds. The Hall–Kier alpha value is -8.01. The van der Waals surface area contributed by atoms with Crippen LogP contribution in [-0.4, -0.2) is 15.0 Å². The third-order valence-electron chi connectivity index (χ3n) is 13.1. The van der Waals surface area contributed by atoms with Gasteiger partial charge in [0.25, 0.3) is 0 Å². The van der Waals surface area contributed by atoms with Gasteiger partial charge in [-0.25, -0.2) is 15.0 Å². The Bertz CT molecular complexity index is 3120. The second-order valence-corrected chi connectivity index (χ2v) is 16.2. The van der Waals surface area contributed by atoms with Crippen LogP contribution in [-0.2, 0) is 10.8 Å². The van der Waals surface area contributed by atoms with E-state index in [2.05, 4.69) is 176 Å². The van der Waals surface area contributed by atoms with Crippen molar-refractivity contribution in [2.75, 3.05) is 0 Å². The quantitative estimate of drug-likeness (QED) is 0.168. The maximum absolute atomic E-state index is 5.02. The number of fused-ring (bicyclic) bond motifs is 9. The number of nitrogens with zero attached hydrogens (tertiary/aromatic N) is 3. The molecular formula is C59H39N3. The van der Waals surface area contributed by atoms with Gasteiger partial charge in [0.1, 0.15) is 0 Å². The Morgan fingerprint density at radius 3 is 1.05 bits per heavy atom. The fourth-order valence-corrected chi connectivity index (χ4v) is 10.6. The molecule has 2 aliphatic rings. The van der Waals surface area contributed by atoms with Gasteiger partial charge in [0.15, 0.2) is 17.5 Å². The number of hydrogen-bond acceptors (Lipinski definition) is 3. The van der Waals surface area contributed by atoms with E-state index < -0.39 is 10.8 Å². The van der Waals surface area contributed by atoms with Crippen molar-refractivity contribution in [3.8, 4) is 56.4 Å². The lowest BCUT2D eigenvalue weighted by Gasteiger charge is -2.50. The van der Waals surface area contributed by atoms with E-state index >= 15 is 0 Å². The largest absolute Gasteiger partial charge is 0.208 e. The van der Waals surface area contributed by atoms with Gasteiger partial charge in [-0.3, -0.25) is 0 Å². The highest BCUT2D eigenvalue weighted by atomic mass is 15.0. The summed E-state index contributed by atoms with van der Waals surface area (Å²) in [6.45, 7) is 0. The van der Waals surface area contributed by atoms with Gasteiger partial charge in [-0.15, -0.1) is 0 Å². The predicted octanol–water partition coefficient (Wildman–Crippen LogP) is 13.6. The molecule has 0 bridgehead atoms. The van der Waals surface area contributed by atoms with Crippen LogP contribution in [0.4, 0.5) is 0 Å². The number of hydrogen-bond donors (Lipinski definition) is 0. The van der Waals surface area contributed by atoms with E-state index in [-0.39, 0.29) is 0 Å². The summed E-state index contributed by atoms with van der Waals surface area (Å²) in [6.07, 6.45) is 0. The van der Waals surface area contributed by atoms with Crippen molar-refractivity contribution in [3.63, 3.8) is 0 Å². The molecule has 0 atom stereocenters. The van der Waals surface area contributed by atoms with Crippen molar-refractivity contribution < 1.29 is 0 Å². The zero-order valence-corrected chi connectivity index (χ0v) is 33.9. The molecule has 9 aromatic carbocycles. The summed E-state index contributed by atoms with van der Waals surface area (Å²) in [5.41, 5.74) is 16.9. The molecule has 290 valence electrons. The molecule has 0 fully saturated rings. The summed E-state index contributed by atoms with van der Waals surface area (Å²) in [5, 5.41) is 0. The molecule has 0 N–H and O–H groups in total. The van der Waals surface area contributed by atoms with Gasteiger partial charge in [-0.2, -0.15) is 0 Å². The molecule has 0 saturated heterocycles. The van der Waals surface area contributed by atoms with Crippen molar-refractivity contribution in [2.45, 2.75) is 10.8 Å². The van der Waals surface area contributed by atoms with Crippen LogP contribution in [0.1, 0.15) is 44.5 Å². The smallest absolute Gasteiger partial charge is 0.164 e. The van der Waals surface area contributed by atoms with Gasteiger partial charge in [-0.1, -0.05) is 237 Å². The average molecular weight is 790 g/mol. The van der Waals surface area contributed by atoms with E-state index in [0.717, 1.165) is 22.3 Å². The third-order valence-corrected chi connectivity index (χ3v) is 13.1. The van der Waals surface area contributed by atoms with E-state index in [1.807, 2.05) is 60.7 Å². The molecular weight excluding hydrogens is 751 g/mol. The topological polar surface area (TPSA) is 38.7 Å². The maximum atomic E-state index is 5.02. The standard InChI is InChI=1S/C59H39N3/c1-5-20-41(21-6-1)55-60-56(42-22-7-2-8-23-42)62-57(61-55)43-38-36-40(37-39-43)46-29-19-35-53-54(46)47-28-13-14-30-48(47)59(53)51-33-17-15-31-49(51)58(44-24-9-3-10-25-44,45-26-11-4-12-27-45)50-32-16-18-34-52(50)59/h1-39H. The molecule has 0 aliphatic heterocycles. The first-order chi connectivity index (χ1) is 30.8. The SMILES string of the molecule is c1ccc(-c2nc(-c3ccccc3)nc(-c3ccc(-c4cccc5c4-c4ccccc4C54c5ccccc5C(c5ccccc5)(c5ccccc5)c5ccccc54)cc3)n2)cc1. The molecule has 62 heavy (non-hydrogen) atoms. The van der Waals surface area contributed by atoms with Crippen LogP contribution < -0.4 is 0 Å². The zero-order chi connectivity index (χ0) is 41.1. The average Bonchev–Trinajstić information content (AvgIpc) is 3.66. The van der Waals surface area contributed by atoms with Crippen molar-refractivity contribution in [1.29, 1.82) is 0 Å². The maximum Gasteiger partial charge on any atom is 0.164 e. The van der Waals surface area contributed by atoms with Gasteiger partial charge in [0.2, 0.25) is 0 Å². The fourth-order valence-electron chi connectivity index (χ4n) is 10.6. The Morgan fingerprint density at radius 2 is 0.565 bits per heavy atom. The molecule has 0 saturated carbocycles. The van der Waals surface area contributed by atoms with Crippen LogP contribution in [0.5, 0.6) is 0 Å². The number of benzene rings is 9. The molecule has 3 heteroatoms. The molecule has 1 spiro atoms. The van der Waals surface area contributed by atoms with Gasteiger partial charge in [-0.05, 0) is 66.8 Å². The minimum absolute atomic E-state index is 0.540. The van der Waals surface area contributed by atoms with Crippen molar-refractivity contribution in [1.82, 2.24) is 15.0 Å². The van der Waals surface area contributed by atoms with E-state index in [9.17, 15) is 0 Å². The second-order valence-electron chi connectivity index (χ2n) is 16.2. The highest BCUT2D eigenvalue weighted by molar-refractivity contribution is 5.97. The molecule has 2 aliphatic carbocycles. The van der Waals surface area contributed by atoms with Crippen LogP contribution in [0.2, 0.25) is 0 Å². The Labute approximate surface area is 361 Å². The van der Waals surface area contributed by atoms with Crippen LogP contribution >= 0.6 is 0 Å². The molecule has 0 unspecified atom stereocenters. The molecule has 1 aromatic heterocycles. The molecule has 0 radical (unpaired) electrons. The summed E-state index contributed by atoms with van der Waals surface area (Å²) < 4.78 is 0. The minimum Gasteiger partial charge on any atom is -0.208 e. The normalized spacial score (nSPS) is 13.7.